The second-order valence-electron chi connectivity index (χ2n) is 4.59. The van der Waals surface area contributed by atoms with Gasteiger partial charge in [0.1, 0.15) is 12.1 Å². The van der Waals surface area contributed by atoms with Gasteiger partial charge in [0.2, 0.25) is 11.8 Å². The summed E-state index contributed by atoms with van der Waals surface area (Å²) in [6.07, 6.45) is 0. The van der Waals surface area contributed by atoms with E-state index in [-0.39, 0.29) is 11.7 Å². The highest BCUT2D eigenvalue weighted by Crippen LogP contribution is 2.02. The zero-order chi connectivity index (χ0) is 15.2. The van der Waals surface area contributed by atoms with Crippen molar-refractivity contribution in [3.8, 4) is 0 Å². The standard InChI is InChI=1S/C11H21N3O4S/c1-5(2)8(11(17)18)14-9(15)6(3)13-10(16)7(12)4-19/h5-8,19H,4,12H2,1-3H3,(H,13,16)(H,14,15)(H,17,18). The minimum absolute atomic E-state index is 0.157. The van der Waals surface area contributed by atoms with E-state index in [2.05, 4.69) is 23.3 Å². The fourth-order valence-electron chi connectivity index (χ4n) is 1.26. The summed E-state index contributed by atoms with van der Waals surface area (Å²) < 4.78 is 0. The third-order valence-electron chi connectivity index (χ3n) is 2.52. The fraction of sp³-hybridized carbons (Fsp3) is 0.727. The molecule has 5 N–H and O–H groups in total. The predicted octanol–water partition coefficient (Wildman–Crippen LogP) is -1.03. The van der Waals surface area contributed by atoms with E-state index in [9.17, 15) is 14.4 Å². The first kappa shape index (κ1) is 17.7. The van der Waals surface area contributed by atoms with E-state index in [1.807, 2.05) is 0 Å². The Kier molecular flexibility index (Phi) is 7.47. The van der Waals surface area contributed by atoms with Gasteiger partial charge >= 0.3 is 5.97 Å². The first-order chi connectivity index (χ1) is 8.70. The molecular formula is C11H21N3O4S. The van der Waals surface area contributed by atoms with Crippen LogP contribution in [0.5, 0.6) is 0 Å². The third kappa shape index (κ3) is 5.93. The summed E-state index contributed by atoms with van der Waals surface area (Å²) in [6.45, 7) is 4.82. The molecule has 0 aliphatic heterocycles. The summed E-state index contributed by atoms with van der Waals surface area (Å²) in [6, 6.07) is -2.66. The number of hydrogen-bond acceptors (Lipinski definition) is 5. The van der Waals surface area contributed by atoms with Crippen LogP contribution in [0.1, 0.15) is 20.8 Å². The van der Waals surface area contributed by atoms with Crippen LogP contribution in [0.15, 0.2) is 0 Å². The smallest absolute Gasteiger partial charge is 0.326 e. The molecule has 0 saturated carbocycles. The Labute approximate surface area is 117 Å². The maximum Gasteiger partial charge on any atom is 0.326 e. The van der Waals surface area contributed by atoms with Crippen molar-refractivity contribution in [2.24, 2.45) is 11.7 Å². The quantitative estimate of drug-likeness (QED) is 0.384. The van der Waals surface area contributed by atoms with Crippen LogP contribution in [0.2, 0.25) is 0 Å². The Bertz CT molecular complexity index is 349. The van der Waals surface area contributed by atoms with Gasteiger partial charge in [-0.2, -0.15) is 12.6 Å². The van der Waals surface area contributed by atoms with Gasteiger partial charge in [-0.05, 0) is 12.8 Å². The highest BCUT2D eigenvalue weighted by Gasteiger charge is 2.26. The van der Waals surface area contributed by atoms with E-state index in [0.717, 1.165) is 0 Å². The highest BCUT2D eigenvalue weighted by molar-refractivity contribution is 7.80. The lowest BCUT2D eigenvalue weighted by atomic mass is 10.0. The number of thiol groups is 1. The molecule has 0 aliphatic carbocycles. The molecule has 3 atom stereocenters. The number of nitrogens with two attached hydrogens (primary N) is 1. The van der Waals surface area contributed by atoms with Gasteiger partial charge in [0.15, 0.2) is 0 Å². The Balaban J connectivity index is 4.49. The normalized spacial score (nSPS) is 15.5. The van der Waals surface area contributed by atoms with Crippen molar-refractivity contribution in [3.63, 3.8) is 0 Å². The number of nitrogens with one attached hydrogen (secondary N) is 2. The van der Waals surface area contributed by atoms with Gasteiger partial charge in [0.05, 0.1) is 6.04 Å². The van der Waals surface area contributed by atoms with Gasteiger partial charge < -0.3 is 21.5 Å². The molecular weight excluding hydrogens is 270 g/mol. The summed E-state index contributed by atoms with van der Waals surface area (Å²) >= 11 is 3.87. The van der Waals surface area contributed by atoms with Crippen LogP contribution in [-0.4, -0.2) is 46.8 Å². The highest BCUT2D eigenvalue weighted by atomic mass is 32.1. The van der Waals surface area contributed by atoms with E-state index in [1.54, 1.807) is 13.8 Å². The summed E-state index contributed by atoms with van der Waals surface area (Å²) in [7, 11) is 0. The van der Waals surface area contributed by atoms with Crippen molar-refractivity contribution in [3.05, 3.63) is 0 Å². The van der Waals surface area contributed by atoms with E-state index in [4.69, 9.17) is 10.8 Å². The van der Waals surface area contributed by atoms with Gasteiger partial charge in [0, 0.05) is 5.75 Å². The number of carboxylic acid groups (broad SMARTS) is 1. The van der Waals surface area contributed by atoms with E-state index in [0.29, 0.717) is 0 Å². The van der Waals surface area contributed by atoms with Crippen molar-refractivity contribution in [1.29, 1.82) is 0 Å². The molecule has 0 bridgehead atoms. The van der Waals surface area contributed by atoms with Crippen LogP contribution in [0.25, 0.3) is 0 Å². The molecule has 2 amide bonds. The second-order valence-corrected chi connectivity index (χ2v) is 4.95. The van der Waals surface area contributed by atoms with E-state index in [1.165, 1.54) is 6.92 Å². The van der Waals surface area contributed by atoms with Crippen LogP contribution in [-0.2, 0) is 14.4 Å². The van der Waals surface area contributed by atoms with Crippen molar-refractivity contribution in [2.75, 3.05) is 5.75 Å². The zero-order valence-corrected chi connectivity index (χ0v) is 12.1. The van der Waals surface area contributed by atoms with Gasteiger partial charge in [-0.1, -0.05) is 13.8 Å². The zero-order valence-electron chi connectivity index (χ0n) is 11.2. The monoisotopic (exact) mass is 291 g/mol. The molecule has 0 aromatic rings. The third-order valence-corrected chi connectivity index (χ3v) is 2.91. The fourth-order valence-corrected chi connectivity index (χ4v) is 1.43. The van der Waals surface area contributed by atoms with Crippen LogP contribution in [0, 0.1) is 5.92 Å². The molecule has 0 saturated heterocycles. The predicted molar refractivity (Wildman–Crippen MR) is 73.8 cm³/mol. The number of aliphatic carboxylic acids is 1. The van der Waals surface area contributed by atoms with E-state index >= 15 is 0 Å². The number of carbonyl (C=O) groups excluding carboxylic acids is 2. The number of carboxylic acids is 1. The maximum atomic E-state index is 11.8. The van der Waals surface area contributed by atoms with Crippen LogP contribution < -0.4 is 16.4 Å². The van der Waals surface area contributed by atoms with Gasteiger partial charge in [-0.25, -0.2) is 4.79 Å². The molecule has 0 radical (unpaired) electrons. The number of amides is 2. The van der Waals surface area contributed by atoms with Crippen LogP contribution >= 0.6 is 12.6 Å². The molecule has 0 fully saturated rings. The molecule has 7 nitrogen and oxygen atoms in total. The molecule has 3 unspecified atom stereocenters. The molecule has 0 aromatic carbocycles. The van der Waals surface area contributed by atoms with Gasteiger partial charge in [0.25, 0.3) is 0 Å². The topological polar surface area (TPSA) is 122 Å². The first-order valence-corrected chi connectivity index (χ1v) is 6.54. The maximum absolute atomic E-state index is 11.8. The van der Waals surface area contributed by atoms with E-state index < -0.39 is 35.9 Å². The molecule has 19 heavy (non-hydrogen) atoms. The lowest BCUT2D eigenvalue weighted by Crippen LogP contribution is -2.54. The SMILES string of the molecule is CC(NC(=O)C(N)CS)C(=O)NC(C(=O)O)C(C)C. The van der Waals surface area contributed by atoms with Crippen molar-refractivity contribution >= 4 is 30.4 Å². The molecule has 0 rings (SSSR count). The molecule has 0 aliphatic rings. The van der Waals surface area contributed by atoms with Gasteiger partial charge in [-0.15, -0.1) is 0 Å². The van der Waals surface area contributed by atoms with Gasteiger partial charge in [-0.3, -0.25) is 9.59 Å². The molecule has 0 heterocycles. The Morgan fingerprint density at radius 2 is 1.68 bits per heavy atom. The average Bonchev–Trinajstić information content (AvgIpc) is 2.33. The van der Waals surface area contributed by atoms with Crippen molar-refractivity contribution in [1.82, 2.24) is 10.6 Å². The van der Waals surface area contributed by atoms with Crippen LogP contribution in [0.4, 0.5) is 0 Å². The van der Waals surface area contributed by atoms with Crippen LogP contribution in [0.3, 0.4) is 0 Å². The molecule has 8 heteroatoms. The number of rotatable bonds is 7. The largest absolute Gasteiger partial charge is 0.480 e. The minimum Gasteiger partial charge on any atom is -0.480 e. The number of hydrogen-bond donors (Lipinski definition) is 5. The molecule has 0 aromatic heterocycles. The summed E-state index contributed by atoms with van der Waals surface area (Å²) in [5.41, 5.74) is 5.45. The Morgan fingerprint density at radius 3 is 2.05 bits per heavy atom. The minimum atomic E-state index is -1.12. The molecule has 110 valence electrons. The summed E-state index contributed by atoms with van der Waals surface area (Å²) in [5, 5.41) is 13.7. The Morgan fingerprint density at radius 1 is 1.16 bits per heavy atom. The first-order valence-electron chi connectivity index (χ1n) is 5.90. The second kappa shape index (κ2) is 8.00. The Hall–Kier alpha value is -1.28. The summed E-state index contributed by atoms with van der Waals surface area (Å²) in [4.78, 5) is 34.2. The lowest BCUT2D eigenvalue weighted by Gasteiger charge is -2.21. The van der Waals surface area contributed by atoms with Crippen molar-refractivity contribution < 1.29 is 19.5 Å². The average molecular weight is 291 g/mol. The summed E-state index contributed by atoms with van der Waals surface area (Å²) in [5.74, 6) is -2.29. The number of carbonyl (C=O) groups is 3. The molecule has 0 spiro atoms. The lowest BCUT2D eigenvalue weighted by molar-refractivity contribution is -0.143. The van der Waals surface area contributed by atoms with Crippen molar-refractivity contribution in [2.45, 2.75) is 38.9 Å².